The van der Waals surface area contributed by atoms with Gasteiger partial charge in [0.1, 0.15) is 5.82 Å². The minimum atomic E-state index is -0.214. The number of rotatable bonds is 4. The number of aryl methyl sites for hydroxylation is 1. The van der Waals surface area contributed by atoms with Crippen molar-refractivity contribution in [1.29, 1.82) is 0 Å². The fourth-order valence-electron chi connectivity index (χ4n) is 2.26. The number of nitrogens with zero attached hydrogens (tertiary/aromatic N) is 3. The molecule has 116 valence electrons. The lowest BCUT2D eigenvalue weighted by Crippen LogP contribution is -2.21. The molecule has 2 aromatic carbocycles. The van der Waals surface area contributed by atoms with Gasteiger partial charge in [-0.1, -0.05) is 35.9 Å². The fourth-order valence-corrected chi connectivity index (χ4v) is 2.39. The molecule has 1 heterocycles. The highest BCUT2D eigenvalue weighted by Crippen LogP contribution is 2.14. The number of benzene rings is 2. The SMILES string of the molecule is Cn1c(CC(=O)N/N=C\c2ccc(Cl)cc2)nc2ccccc21. The number of aromatic nitrogens is 2. The van der Waals surface area contributed by atoms with E-state index in [4.69, 9.17) is 11.6 Å². The van der Waals surface area contributed by atoms with Crippen molar-refractivity contribution in [3.05, 3.63) is 64.9 Å². The van der Waals surface area contributed by atoms with Gasteiger partial charge in [0, 0.05) is 12.1 Å². The zero-order valence-electron chi connectivity index (χ0n) is 12.5. The van der Waals surface area contributed by atoms with E-state index in [1.54, 1.807) is 18.3 Å². The maximum Gasteiger partial charge on any atom is 0.247 e. The summed E-state index contributed by atoms with van der Waals surface area (Å²) in [5.74, 6) is 0.485. The van der Waals surface area contributed by atoms with E-state index in [-0.39, 0.29) is 12.3 Å². The van der Waals surface area contributed by atoms with Gasteiger partial charge in [0.05, 0.1) is 23.7 Å². The van der Waals surface area contributed by atoms with Crippen LogP contribution in [-0.4, -0.2) is 21.7 Å². The van der Waals surface area contributed by atoms with E-state index in [0.29, 0.717) is 10.8 Å². The van der Waals surface area contributed by atoms with Gasteiger partial charge < -0.3 is 4.57 Å². The van der Waals surface area contributed by atoms with Gasteiger partial charge in [-0.2, -0.15) is 5.10 Å². The van der Waals surface area contributed by atoms with E-state index in [2.05, 4.69) is 15.5 Å². The summed E-state index contributed by atoms with van der Waals surface area (Å²) in [7, 11) is 1.90. The maximum absolute atomic E-state index is 12.0. The number of hydrazone groups is 1. The predicted octanol–water partition coefficient (Wildman–Crippen LogP) is 2.92. The Labute approximate surface area is 138 Å². The van der Waals surface area contributed by atoms with Gasteiger partial charge in [0.25, 0.3) is 0 Å². The number of imidazole rings is 1. The van der Waals surface area contributed by atoms with Crippen molar-refractivity contribution >= 4 is 34.8 Å². The molecule has 0 fully saturated rings. The highest BCUT2D eigenvalue weighted by Gasteiger charge is 2.10. The van der Waals surface area contributed by atoms with Crippen LogP contribution < -0.4 is 5.43 Å². The van der Waals surface area contributed by atoms with Gasteiger partial charge in [0.2, 0.25) is 5.91 Å². The van der Waals surface area contributed by atoms with Gasteiger partial charge in [0.15, 0.2) is 0 Å². The van der Waals surface area contributed by atoms with Crippen LogP contribution in [0.1, 0.15) is 11.4 Å². The summed E-state index contributed by atoms with van der Waals surface area (Å²) >= 11 is 5.81. The van der Waals surface area contributed by atoms with Crippen LogP contribution >= 0.6 is 11.6 Å². The molecule has 23 heavy (non-hydrogen) atoms. The van der Waals surface area contributed by atoms with Crippen molar-refractivity contribution in [2.45, 2.75) is 6.42 Å². The molecule has 3 aromatic rings. The molecule has 3 rings (SSSR count). The van der Waals surface area contributed by atoms with E-state index < -0.39 is 0 Å². The second-order valence-corrected chi connectivity index (χ2v) is 5.53. The van der Waals surface area contributed by atoms with E-state index in [1.807, 2.05) is 48.0 Å². The van der Waals surface area contributed by atoms with Crippen LogP contribution in [-0.2, 0) is 18.3 Å². The summed E-state index contributed by atoms with van der Waals surface area (Å²) in [6.45, 7) is 0. The predicted molar refractivity (Wildman–Crippen MR) is 91.6 cm³/mol. The van der Waals surface area contributed by atoms with Crippen molar-refractivity contribution in [3.8, 4) is 0 Å². The Hall–Kier alpha value is -2.66. The molecular formula is C17H15ClN4O. The van der Waals surface area contributed by atoms with Crippen LogP contribution in [0.15, 0.2) is 53.6 Å². The Morgan fingerprint density at radius 3 is 2.74 bits per heavy atom. The fraction of sp³-hybridized carbons (Fsp3) is 0.118. The molecule has 0 saturated carbocycles. The van der Waals surface area contributed by atoms with Gasteiger partial charge in [-0.15, -0.1) is 0 Å². The normalized spacial score (nSPS) is 11.2. The van der Waals surface area contributed by atoms with Gasteiger partial charge >= 0.3 is 0 Å². The Bertz CT molecular complexity index is 868. The molecule has 0 saturated heterocycles. The monoisotopic (exact) mass is 326 g/mol. The molecule has 0 aliphatic heterocycles. The molecule has 0 spiro atoms. The van der Waals surface area contributed by atoms with E-state index >= 15 is 0 Å². The molecule has 1 aromatic heterocycles. The number of fused-ring (bicyclic) bond motifs is 1. The summed E-state index contributed by atoms with van der Waals surface area (Å²) in [4.78, 5) is 16.5. The zero-order valence-corrected chi connectivity index (χ0v) is 13.3. The Kier molecular flexibility index (Phi) is 4.39. The molecule has 1 amide bonds. The molecule has 6 heteroatoms. The number of carbonyl (C=O) groups excluding carboxylic acids is 1. The lowest BCUT2D eigenvalue weighted by Gasteiger charge is -2.01. The number of nitrogens with one attached hydrogen (secondary N) is 1. The van der Waals surface area contributed by atoms with Crippen molar-refractivity contribution in [2.24, 2.45) is 12.1 Å². The Balaban J connectivity index is 1.64. The summed E-state index contributed by atoms with van der Waals surface area (Å²) in [6.07, 6.45) is 1.74. The smallest absolute Gasteiger partial charge is 0.247 e. The first-order valence-corrected chi connectivity index (χ1v) is 7.49. The van der Waals surface area contributed by atoms with E-state index in [9.17, 15) is 4.79 Å². The maximum atomic E-state index is 12.0. The largest absolute Gasteiger partial charge is 0.331 e. The number of hydrogen-bond donors (Lipinski definition) is 1. The quantitative estimate of drug-likeness (QED) is 0.592. The highest BCUT2D eigenvalue weighted by molar-refractivity contribution is 6.30. The molecular weight excluding hydrogens is 312 g/mol. The second kappa shape index (κ2) is 6.62. The van der Waals surface area contributed by atoms with Crippen molar-refractivity contribution in [1.82, 2.24) is 15.0 Å². The van der Waals surface area contributed by atoms with Crippen molar-refractivity contribution in [3.63, 3.8) is 0 Å². The second-order valence-electron chi connectivity index (χ2n) is 5.10. The van der Waals surface area contributed by atoms with Crippen LogP contribution in [0.2, 0.25) is 5.02 Å². The van der Waals surface area contributed by atoms with Gasteiger partial charge in [-0.25, -0.2) is 10.4 Å². The molecule has 0 aliphatic rings. The molecule has 0 radical (unpaired) electrons. The third-order valence-electron chi connectivity index (χ3n) is 3.47. The Morgan fingerprint density at radius 1 is 1.26 bits per heavy atom. The first kappa shape index (κ1) is 15.2. The first-order chi connectivity index (χ1) is 11.1. The van der Waals surface area contributed by atoms with Crippen molar-refractivity contribution < 1.29 is 4.79 Å². The summed E-state index contributed by atoms with van der Waals surface area (Å²) in [5.41, 5.74) is 5.25. The molecule has 0 aliphatic carbocycles. The van der Waals surface area contributed by atoms with Gasteiger partial charge in [-0.3, -0.25) is 4.79 Å². The number of hydrogen-bond acceptors (Lipinski definition) is 3. The molecule has 0 bridgehead atoms. The highest BCUT2D eigenvalue weighted by atomic mass is 35.5. The third-order valence-corrected chi connectivity index (χ3v) is 3.72. The van der Waals surface area contributed by atoms with Crippen LogP contribution in [0.25, 0.3) is 11.0 Å². The standard InChI is InChI=1S/C17H15ClN4O/c1-22-15-5-3-2-4-14(15)20-16(22)10-17(23)21-19-11-12-6-8-13(18)9-7-12/h2-9,11H,10H2,1H3,(H,21,23)/b19-11-. The zero-order chi connectivity index (χ0) is 16.2. The Morgan fingerprint density at radius 2 is 2.00 bits per heavy atom. The summed E-state index contributed by atoms with van der Waals surface area (Å²) in [6, 6.07) is 15.0. The number of amides is 1. The molecule has 0 unspecified atom stereocenters. The average Bonchev–Trinajstić information content (AvgIpc) is 2.86. The van der Waals surface area contributed by atoms with Crippen LogP contribution in [0.5, 0.6) is 0 Å². The minimum Gasteiger partial charge on any atom is -0.331 e. The first-order valence-electron chi connectivity index (χ1n) is 7.11. The number of para-hydroxylation sites is 2. The average molecular weight is 327 g/mol. The van der Waals surface area contributed by atoms with Crippen LogP contribution in [0.3, 0.4) is 0 Å². The lowest BCUT2D eigenvalue weighted by atomic mass is 10.2. The molecule has 0 atom stereocenters. The molecule has 1 N–H and O–H groups in total. The number of carbonyl (C=O) groups is 1. The van der Waals surface area contributed by atoms with E-state index in [0.717, 1.165) is 16.6 Å². The van der Waals surface area contributed by atoms with Crippen molar-refractivity contribution in [2.75, 3.05) is 0 Å². The number of halogens is 1. The van der Waals surface area contributed by atoms with E-state index in [1.165, 1.54) is 0 Å². The topological polar surface area (TPSA) is 59.3 Å². The molecule has 5 nitrogen and oxygen atoms in total. The van der Waals surface area contributed by atoms with Gasteiger partial charge in [-0.05, 0) is 29.8 Å². The third kappa shape index (κ3) is 3.57. The lowest BCUT2D eigenvalue weighted by molar-refractivity contribution is -0.120. The van der Waals surface area contributed by atoms with Crippen LogP contribution in [0, 0.1) is 0 Å². The summed E-state index contributed by atoms with van der Waals surface area (Å²) in [5, 5.41) is 4.61. The van der Waals surface area contributed by atoms with Crippen LogP contribution in [0.4, 0.5) is 0 Å². The summed E-state index contributed by atoms with van der Waals surface area (Å²) < 4.78 is 1.91. The minimum absolute atomic E-state index is 0.170.